The molecule has 2 aliphatic rings. The molecule has 6 heteroatoms. The van der Waals surface area contributed by atoms with Crippen molar-refractivity contribution in [2.75, 3.05) is 13.1 Å². The molecule has 2 aromatic rings. The van der Waals surface area contributed by atoms with Crippen LogP contribution in [0.25, 0.3) is 16.7 Å². The Bertz CT molecular complexity index is 1090. The van der Waals surface area contributed by atoms with Gasteiger partial charge >= 0.3 is 6.09 Å². The first-order chi connectivity index (χ1) is 15.2. The molecule has 6 nitrogen and oxygen atoms in total. The van der Waals surface area contributed by atoms with Gasteiger partial charge in [-0.1, -0.05) is 37.3 Å². The zero-order chi connectivity index (χ0) is 23.0. The fourth-order valence-corrected chi connectivity index (χ4v) is 4.30. The van der Waals surface area contributed by atoms with E-state index in [4.69, 9.17) is 4.74 Å². The fourth-order valence-electron chi connectivity index (χ4n) is 4.30. The van der Waals surface area contributed by atoms with Crippen LogP contribution in [0.5, 0.6) is 0 Å². The lowest BCUT2D eigenvalue weighted by Gasteiger charge is -2.24. The minimum absolute atomic E-state index is 0.113. The Hall–Kier alpha value is -3.15. The molecule has 0 bridgehead atoms. The lowest BCUT2D eigenvalue weighted by molar-refractivity contribution is -0.384. The van der Waals surface area contributed by atoms with Gasteiger partial charge in [-0.3, -0.25) is 10.1 Å². The summed E-state index contributed by atoms with van der Waals surface area (Å²) in [6.45, 7) is 8.40. The van der Waals surface area contributed by atoms with Crippen molar-refractivity contribution in [2.24, 2.45) is 0 Å². The molecular weight excluding hydrogens is 404 g/mol. The maximum absolute atomic E-state index is 12.5. The summed E-state index contributed by atoms with van der Waals surface area (Å²) < 4.78 is 5.49. The summed E-state index contributed by atoms with van der Waals surface area (Å²) in [4.78, 5) is 25.9. The Morgan fingerprint density at radius 2 is 1.88 bits per heavy atom. The summed E-state index contributed by atoms with van der Waals surface area (Å²) in [7, 11) is 0. The Labute approximate surface area is 189 Å². The van der Waals surface area contributed by atoms with Crippen molar-refractivity contribution in [3.8, 4) is 11.1 Å². The van der Waals surface area contributed by atoms with E-state index in [0.29, 0.717) is 24.6 Å². The third kappa shape index (κ3) is 4.54. The Kier molecular flexibility index (Phi) is 5.80. The van der Waals surface area contributed by atoms with Crippen molar-refractivity contribution in [3.05, 3.63) is 69.3 Å². The standard InChI is InChI=1S/C26H30N2O4/c1-5-17-14-23(21-9-7-6-8-20(21)18-10-11-18)24(28(30)31)15-22(17)19-12-13-27(16-19)25(29)32-26(2,3)4/h6-9,12,14-15,18H,5,10-11,13,16H2,1-4H3. The monoisotopic (exact) mass is 434 g/mol. The van der Waals surface area contributed by atoms with Crippen LogP contribution in [-0.4, -0.2) is 34.6 Å². The number of benzene rings is 2. The zero-order valence-electron chi connectivity index (χ0n) is 19.2. The molecule has 0 spiro atoms. The topological polar surface area (TPSA) is 72.7 Å². The average molecular weight is 435 g/mol. The number of hydrogen-bond acceptors (Lipinski definition) is 4. The van der Waals surface area contributed by atoms with Gasteiger partial charge in [-0.25, -0.2) is 4.79 Å². The quantitative estimate of drug-likeness (QED) is 0.407. The lowest BCUT2D eigenvalue weighted by atomic mass is 9.89. The number of carbonyl (C=O) groups is 1. The molecule has 0 radical (unpaired) electrons. The normalized spacial score (nSPS) is 16.1. The summed E-state index contributed by atoms with van der Waals surface area (Å²) in [6.07, 6.45) is 4.62. The first-order valence-corrected chi connectivity index (χ1v) is 11.3. The van der Waals surface area contributed by atoms with Crippen molar-refractivity contribution in [3.63, 3.8) is 0 Å². The van der Waals surface area contributed by atoms with E-state index in [9.17, 15) is 14.9 Å². The second-order valence-electron chi connectivity index (χ2n) is 9.59. The number of nitrogens with zero attached hydrogens (tertiary/aromatic N) is 2. The molecule has 1 aliphatic heterocycles. The van der Waals surface area contributed by atoms with E-state index in [1.807, 2.05) is 51.1 Å². The molecule has 0 N–H and O–H groups in total. The van der Waals surface area contributed by atoms with Crippen LogP contribution >= 0.6 is 0 Å². The fraction of sp³-hybridized carbons (Fsp3) is 0.423. The molecule has 1 saturated carbocycles. The molecule has 1 amide bonds. The highest BCUT2D eigenvalue weighted by Crippen LogP contribution is 2.46. The van der Waals surface area contributed by atoms with E-state index in [0.717, 1.165) is 41.5 Å². The average Bonchev–Trinajstić information content (AvgIpc) is 3.47. The van der Waals surface area contributed by atoms with Crippen LogP contribution in [0.1, 0.15) is 63.1 Å². The summed E-state index contributed by atoms with van der Waals surface area (Å²) >= 11 is 0. The van der Waals surface area contributed by atoms with E-state index in [1.165, 1.54) is 5.56 Å². The van der Waals surface area contributed by atoms with Gasteiger partial charge in [0.15, 0.2) is 0 Å². The highest BCUT2D eigenvalue weighted by atomic mass is 16.6. The third-order valence-electron chi connectivity index (χ3n) is 5.98. The van der Waals surface area contributed by atoms with E-state index < -0.39 is 5.60 Å². The molecular formula is C26H30N2O4. The van der Waals surface area contributed by atoms with Crippen molar-refractivity contribution in [1.29, 1.82) is 0 Å². The van der Waals surface area contributed by atoms with E-state index in [1.54, 1.807) is 11.0 Å². The third-order valence-corrected chi connectivity index (χ3v) is 5.98. The van der Waals surface area contributed by atoms with Crippen LogP contribution in [0, 0.1) is 10.1 Å². The van der Waals surface area contributed by atoms with Gasteiger partial charge in [-0.05, 0) is 79.8 Å². The molecule has 2 aromatic carbocycles. The summed E-state index contributed by atoms with van der Waals surface area (Å²) in [5, 5.41) is 12.1. The maximum Gasteiger partial charge on any atom is 0.410 e. The van der Waals surface area contributed by atoms with Gasteiger partial charge in [-0.15, -0.1) is 0 Å². The van der Waals surface area contributed by atoms with Crippen molar-refractivity contribution in [2.45, 2.75) is 58.5 Å². The molecule has 4 rings (SSSR count). The van der Waals surface area contributed by atoms with Crippen LogP contribution < -0.4 is 0 Å². The van der Waals surface area contributed by atoms with Gasteiger partial charge < -0.3 is 9.64 Å². The summed E-state index contributed by atoms with van der Waals surface area (Å²) in [6, 6.07) is 11.7. The second-order valence-corrected chi connectivity index (χ2v) is 9.59. The maximum atomic E-state index is 12.5. The zero-order valence-corrected chi connectivity index (χ0v) is 19.2. The number of nitro groups is 1. The van der Waals surface area contributed by atoms with Gasteiger partial charge in [0.1, 0.15) is 5.60 Å². The predicted molar refractivity (Wildman–Crippen MR) is 126 cm³/mol. The predicted octanol–water partition coefficient (Wildman–Crippen LogP) is 6.34. The molecule has 0 saturated heterocycles. The SMILES string of the molecule is CCc1cc(-c2ccccc2C2CC2)c([N+](=O)[O-])cc1C1=CCN(C(=O)OC(C)(C)C)C1. The van der Waals surface area contributed by atoms with E-state index >= 15 is 0 Å². The number of ether oxygens (including phenoxy) is 1. The van der Waals surface area contributed by atoms with Gasteiger partial charge in [-0.2, -0.15) is 0 Å². The van der Waals surface area contributed by atoms with Gasteiger partial charge in [0.25, 0.3) is 5.69 Å². The minimum atomic E-state index is -0.566. The van der Waals surface area contributed by atoms with Crippen molar-refractivity contribution >= 4 is 17.4 Å². The first kappa shape index (κ1) is 22.1. The Morgan fingerprint density at radius 1 is 1.16 bits per heavy atom. The Morgan fingerprint density at radius 3 is 2.50 bits per heavy atom. The number of amides is 1. The minimum Gasteiger partial charge on any atom is -0.444 e. The van der Waals surface area contributed by atoms with Crippen molar-refractivity contribution in [1.82, 2.24) is 4.90 Å². The molecule has 0 unspecified atom stereocenters. The van der Waals surface area contributed by atoms with E-state index in [-0.39, 0.29) is 16.7 Å². The van der Waals surface area contributed by atoms with Crippen LogP contribution in [-0.2, 0) is 11.2 Å². The molecule has 1 fully saturated rings. The van der Waals surface area contributed by atoms with Gasteiger partial charge in [0.05, 0.1) is 10.5 Å². The number of rotatable bonds is 5. The number of nitro benzene ring substituents is 1. The highest BCUT2D eigenvalue weighted by molar-refractivity contribution is 5.84. The number of carbonyl (C=O) groups excluding carboxylic acids is 1. The van der Waals surface area contributed by atoms with Crippen LogP contribution in [0.15, 0.2) is 42.5 Å². The molecule has 0 aromatic heterocycles. The van der Waals surface area contributed by atoms with Crippen LogP contribution in [0.3, 0.4) is 0 Å². The van der Waals surface area contributed by atoms with Crippen LogP contribution in [0.2, 0.25) is 0 Å². The summed E-state index contributed by atoms with van der Waals surface area (Å²) in [5.41, 5.74) is 5.20. The number of hydrogen-bond donors (Lipinski definition) is 0. The lowest BCUT2D eigenvalue weighted by Crippen LogP contribution is -2.35. The highest BCUT2D eigenvalue weighted by Gasteiger charge is 2.31. The molecule has 32 heavy (non-hydrogen) atoms. The van der Waals surface area contributed by atoms with E-state index in [2.05, 4.69) is 13.0 Å². The number of aryl methyl sites for hydroxylation is 1. The molecule has 0 atom stereocenters. The largest absolute Gasteiger partial charge is 0.444 e. The van der Waals surface area contributed by atoms with Gasteiger partial charge in [0.2, 0.25) is 0 Å². The second kappa shape index (κ2) is 8.41. The molecule has 1 heterocycles. The smallest absolute Gasteiger partial charge is 0.410 e. The van der Waals surface area contributed by atoms with Gasteiger partial charge in [0, 0.05) is 19.2 Å². The van der Waals surface area contributed by atoms with Crippen molar-refractivity contribution < 1.29 is 14.5 Å². The first-order valence-electron chi connectivity index (χ1n) is 11.3. The molecule has 1 aliphatic carbocycles. The summed E-state index contributed by atoms with van der Waals surface area (Å²) in [5.74, 6) is 0.496. The Balaban J connectivity index is 1.71. The molecule has 168 valence electrons. The van der Waals surface area contributed by atoms with Crippen LogP contribution in [0.4, 0.5) is 10.5 Å².